The van der Waals surface area contributed by atoms with E-state index in [-0.39, 0.29) is 29.8 Å². The molecule has 2 fully saturated rings. The molecule has 4 N–H and O–H groups in total. The Morgan fingerprint density at radius 1 is 1.05 bits per heavy atom. The molecule has 2 aliphatic rings. The van der Waals surface area contributed by atoms with Crippen molar-refractivity contribution in [1.29, 1.82) is 0 Å². The third-order valence-corrected chi connectivity index (χ3v) is 7.84. The van der Waals surface area contributed by atoms with E-state index in [0.29, 0.717) is 65.0 Å². The molecule has 0 aliphatic carbocycles. The van der Waals surface area contributed by atoms with E-state index < -0.39 is 24.6 Å². The molecule has 2 amide bonds. The zero-order valence-corrected chi connectivity index (χ0v) is 23.0. The molecule has 0 aromatic carbocycles. The maximum atomic E-state index is 12.5. The van der Waals surface area contributed by atoms with Gasteiger partial charge in [0.05, 0.1) is 25.4 Å². The molecule has 2 aliphatic heterocycles. The lowest BCUT2D eigenvalue weighted by molar-refractivity contribution is -0.277. The third kappa shape index (κ3) is 10.1. The minimum atomic E-state index is -0.895. The fourth-order valence-corrected chi connectivity index (χ4v) is 5.12. The van der Waals surface area contributed by atoms with E-state index >= 15 is 0 Å². The lowest BCUT2D eigenvalue weighted by Gasteiger charge is -2.41. The van der Waals surface area contributed by atoms with Crippen LogP contribution in [0.1, 0.15) is 78.1 Å². The SMILES string of the molecule is CC[C@H]1O[C@@H](OCCCCC(=O)NCCCCCC(=O)N2CCC(CO)(COC)CC2)[C@H](C)[C@@H](O)[C@H]1O. The van der Waals surface area contributed by atoms with Gasteiger partial charge in [0.2, 0.25) is 11.8 Å². The van der Waals surface area contributed by atoms with Gasteiger partial charge in [0.15, 0.2) is 6.29 Å². The average Bonchev–Trinajstić information content (AvgIpc) is 2.90. The Labute approximate surface area is 222 Å². The number of ether oxygens (including phenoxy) is 3. The number of methoxy groups -OCH3 is 1. The van der Waals surface area contributed by atoms with E-state index in [0.717, 1.165) is 32.1 Å². The Hall–Kier alpha value is -1.30. The van der Waals surface area contributed by atoms with E-state index in [4.69, 9.17) is 14.2 Å². The van der Waals surface area contributed by atoms with Crippen LogP contribution in [0.3, 0.4) is 0 Å². The van der Waals surface area contributed by atoms with Gasteiger partial charge in [-0.1, -0.05) is 20.3 Å². The van der Waals surface area contributed by atoms with Gasteiger partial charge in [0.1, 0.15) is 6.10 Å². The number of hydrogen-bond donors (Lipinski definition) is 4. The summed E-state index contributed by atoms with van der Waals surface area (Å²) in [5.74, 6) is -0.137. The fraction of sp³-hybridized carbons (Fsp3) is 0.926. The maximum Gasteiger partial charge on any atom is 0.222 e. The van der Waals surface area contributed by atoms with Crippen molar-refractivity contribution in [1.82, 2.24) is 10.2 Å². The minimum Gasteiger partial charge on any atom is -0.396 e. The summed E-state index contributed by atoms with van der Waals surface area (Å²) < 4.78 is 16.8. The highest BCUT2D eigenvalue weighted by molar-refractivity contribution is 5.76. The molecule has 0 aromatic rings. The number of piperidine rings is 1. The third-order valence-electron chi connectivity index (χ3n) is 7.84. The summed E-state index contributed by atoms with van der Waals surface area (Å²) in [4.78, 5) is 26.4. The predicted octanol–water partition coefficient (Wildman–Crippen LogP) is 1.59. The molecule has 216 valence electrons. The van der Waals surface area contributed by atoms with Crippen molar-refractivity contribution >= 4 is 11.8 Å². The summed E-state index contributed by atoms with van der Waals surface area (Å²) in [5, 5.41) is 32.8. The van der Waals surface area contributed by atoms with Crippen LogP contribution < -0.4 is 5.32 Å². The van der Waals surface area contributed by atoms with E-state index in [1.54, 1.807) is 14.0 Å². The number of carbonyl (C=O) groups excluding carboxylic acids is 2. The van der Waals surface area contributed by atoms with Crippen LogP contribution in [-0.2, 0) is 23.8 Å². The zero-order valence-electron chi connectivity index (χ0n) is 23.0. The molecule has 5 atom stereocenters. The van der Waals surface area contributed by atoms with Crippen molar-refractivity contribution in [3.8, 4) is 0 Å². The van der Waals surface area contributed by atoms with Gasteiger partial charge >= 0.3 is 0 Å². The topological polar surface area (TPSA) is 138 Å². The van der Waals surface area contributed by atoms with Crippen molar-refractivity contribution in [3.63, 3.8) is 0 Å². The number of likely N-dealkylation sites (tertiary alicyclic amines) is 1. The Balaban J connectivity index is 1.47. The van der Waals surface area contributed by atoms with Gasteiger partial charge in [-0.05, 0) is 44.9 Å². The number of hydrogen-bond acceptors (Lipinski definition) is 8. The van der Waals surface area contributed by atoms with Crippen LogP contribution in [-0.4, -0.2) is 103 Å². The van der Waals surface area contributed by atoms with Crippen molar-refractivity contribution in [3.05, 3.63) is 0 Å². The number of aliphatic hydroxyl groups is 3. The second kappa shape index (κ2) is 16.6. The first-order chi connectivity index (χ1) is 17.8. The van der Waals surface area contributed by atoms with Crippen LogP contribution in [0.25, 0.3) is 0 Å². The lowest BCUT2D eigenvalue weighted by Crippen LogP contribution is -2.54. The molecule has 2 heterocycles. The van der Waals surface area contributed by atoms with Crippen molar-refractivity contribution in [2.45, 2.75) is 103 Å². The average molecular weight is 531 g/mol. The molecule has 0 aromatic heterocycles. The first kappa shape index (κ1) is 31.9. The quantitative estimate of drug-likeness (QED) is 0.221. The van der Waals surface area contributed by atoms with Crippen molar-refractivity contribution in [2.24, 2.45) is 11.3 Å². The smallest absolute Gasteiger partial charge is 0.222 e. The summed E-state index contributed by atoms with van der Waals surface area (Å²) in [5.41, 5.74) is -0.217. The molecule has 0 radical (unpaired) electrons. The van der Waals surface area contributed by atoms with Gasteiger partial charge in [0.25, 0.3) is 0 Å². The van der Waals surface area contributed by atoms with Gasteiger partial charge in [-0.3, -0.25) is 9.59 Å². The molecule has 37 heavy (non-hydrogen) atoms. The summed E-state index contributed by atoms with van der Waals surface area (Å²) in [6.07, 6.45) is 4.25. The summed E-state index contributed by atoms with van der Waals surface area (Å²) in [7, 11) is 1.64. The second-order valence-corrected chi connectivity index (χ2v) is 10.8. The minimum absolute atomic E-state index is 0.0136. The number of nitrogens with zero attached hydrogens (tertiary/aromatic N) is 1. The number of amides is 2. The highest BCUT2D eigenvalue weighted by Gasteiger charge is 2.41. The van der Waals surface area contributed by atoms with Gasteiger partial charge in [0, 0.05) is 57.5 Å². The summed E-state index contributed by atoms with van der Waals surface area (Å²) in [6.45, 7) is 6.68. The van der Waals surface area contributed by atoms with Crippen LogP contribution in [0.2, 0.25) is 0 Å². The number of nitrogens with one attached hydrogen (secondary N) is 1. The molecule has 10 nitrogen and oxygen atoms in total. The molecule has 0 spiro atoms. The van der Waals surface area contributed by atoms with Gasteiger partial charge in [-0.25, -0.2) is 0 Å². The molecule has 10 heteroatoms. The van der Waals surface area contributed by atoms with Gasteiger partial charge in [-0.2, -0.15) is 0 Å². The maximum absolute atomic E-state index is 12.5. The van der Waals surface area contributed by atoms with Crippen LogP contribution in [0.4, 0.5) is 0 Å². The summed E-state index contributed by atoms with van der Waals surface area (Å²) in [6, 6.07) is 0. The molecule has 2 saturated heterocycles. The van der Waals surface area contributed by atoms with Crippen molar-refractivity contribution in [2.75, 3.05) is 46.6 Å². The van der Waals surface area contributed by atoms with E-state index in [2.05, 4.69) is 5.32 Å². The summed E-state index contributed by atoms with van der Waals surface area (Å²) >= 11 is 0. The molecular weight excluding hydrogens is 480 g/mol. The number of unbranched alkanes of at least 4 members (excludes halogenated alkanes) is 3. The zero-order chi connectivity index (χ0) is 27.3. The second-order valence-electron chi connectivity index (χ2n) is 10.8. The highest BCUT2D eigenvalue weighted by atomic mass is 16.7. The van der Waals surface area contributed by atoms with Crippen LogP contribution in [0.15, 0.2) is 0 Å². The van der Waals surface area contributed by atoms with E-state index in [9.17, 15) is 24.9 Å². The Morgan fingerprint density at radius 2 is 1.76 bits per heavy atom. The predicted molar refractivity (Wildman–Crippen MR) is 139 cm³/mol. The standard InChI is InChI=1S/C27H50N2O8/c1-4-21-25(34)24(33)20(2)26(37-21)36-17-9-7-10-22(31)28-14-8-5-6-11-23(32)29-15-12-27(18-30,13-16-29)19-35-3/h20-21,24-26,30,33-34H,4-19H2,1-3H3,(H,28,31)/t20-,21-,24-,25+,26-/m1/s1. The molecule has 0 unspecified atom stereocenters. The van der Waals surface area contributed by atoms with Crippen LogP contribution in [0.5, 0.6) is 0 Å². The first-order valence-corrected chi connectivity index (χ1v) is 14.0. The number of carbonyl (C=O) groups is 2. The monoisotopic (exact) mass is 530 g/mol. The first-order valence-electron chi connectivity index (χ1n) is 14.0. The molecule has 0 saturated carbocycles. The van der Waals surface area contributed by atoms with E-state index in [1.807, 2.05) is 11.8 Å². The molecule has 2 rings (SSSR count). The lowest BCUT2D eigenvalue weighted by atomic mass is 9.80. The van der Waals surface area contributed by atoms with Crippen molar-refractivity contribution < 1.29 is 39.1 Å². The number of aliphatic hydroxyl groups excluding tert-OH is 3. The number of rotatable bonds is 16. The normalized spacial score (nSPS) is 27.7. The van der Waals surface area contributed by atoms with Crippen LogP contribution >= 0.6 is 0 Å². The van der Waals surface area contributed by atoms with E-state index in [1.165, 1.54) is 0 Å². The largest absolute Gasteiger partial charge is 0.396 e. The fourth-order valence-electron chi connectivity index (χ4n) is 5.12. The van der Waals surface area contributed by atoms with Gasteiger partial charge in [-0.15, -0.1) is 0 Å². The molecule has 0 bridgehead atoms. The Bertz CT molecular complexity index is 669. The Morgan fingerprint density at radius 3 is 2.41 bits per heavy atom. The van der Waals surface area contributed by atoms with Crippen LogP contribution in [0, 0.1) is 11.3 Å². The Kier molecular flexibility index (Phi) is 14.3. The molecular formula is C27H50N2O8. The highest BCUT2D eigenvalue weighted by Crippen LogP contribution is 2.31. The van der Waals surface area contributed by atoms with Gasteiger partial charge < -0.3 is 39.7 Å².